The molecule has 0 aromatic rings. The van der Waals surface area contributed by atoms with Crippen LogP contribution in [0.25, 0.3) is 0 Å². The van der Waals surface area contributed by atoms with Crippen molar-refractivity contribution < 1.29 is 46.0 Å². The predicted octanol–water partition coefficient (Wildman–Crippen LogP) is 13.1. The van der Waals surface area contributed by atoms with E-state index in [0.717, 1.165) is 47.7 Å². The quantitative estimate of drug-likeness (QED) is 0.0354. The summed E-state index contributed by atoms with van der Waals surface area (Å²) in [6.45, 7) is 8.52. The van der Waals surface area contributed by atoms with Gasteiger partial charge in [0.2, 0.25) is 0 Å². The predicted molar refractivity (Wildman–Crippen MR) is 237 cm³/mol. The van der Waals surface area contributed by atoms with Crippen LogP contribution in [0.4, 0.5) is 0 Å². The number of nitrogens with zero attached hydrogens (tertiary/aromatic N) is 2. The number of phosphoric ester groups is 2. The monoisotopic (exact) mass is 843 g/mol. The summed E-state index contributed by atoms with van der Waals surface area (Å²) < 4.78 is 46.0. The number of rotatable bonds is 45. The van der Waals surface area contributed by atoms with Crippen molar-refractivity contribution in [2.45, 2.75) is 206 Å². The zero-order chi connectivity index (χ0) is 41.7. The highest BCUT2D eigenvalue weighted by Crippen LogP contribution is 2.44. The van der Waals surface area contributed by atoms with Crippen molar-refractivity contribution in [1.82, 2.24) is 0 Å². The summed E-state index contributed by atoms with van der Waals surface area (Å²) in [5.41, 5.74) is 0. The van der Waals surface area contributed by atoms with Gasteiger partial charge in [0.1, 0.15) is 26.3 Å². The van der Waals surface area contributed by atoms with Crippen LogP contribution in [0.3, 0.4) is 0 Å². The van der Waals surface area contributed by atoms with Crippen molar-refractivity contribution in [3.63, 3.8) is 0 Å². The summed E-state index contributed by atoms with van der Waals surface area (Å²) in [6.07, 6.45) is 39.0. The van der Waals surface area contributed by atoms with Gasteiger partial charge in [-0.3, -0.25) is 18.1 Å². The Morgan fingerprint density at radius 2 is 0.482 bits per heavy atom. The maximum Gasteiger partial charge on any atom is 0.472 e. The van der Waals surface area contributed by atoms with E-state index in [1.807, 2.05) is 0 Å². The number of likely N-dealkylation sites (N-methyl/N-ethyl adjacent to an activating group) is 2. The lowest BCUT2D eigenvalue weighted by Gasteiger charge is -2.28. The second kappa shape index (κ2) is 36.9. The minimum absolute atomic E-state index is 0.235. The maximum absolute atomic E-state index is 12.0. The molecule has 2 atom stereocenters. The average Bonchev–Trinajstić information content (AvgIpc) is 3.14. The molecule has 0 radical (unpaired) electrons. The zero-order valence-electron chi connectivity index (χ0n) is 38.0. The van der Waals surface area contributed by atoms with Crippen LogP contribution in [-0.4, -0.2) is 99.6 Å². The van der Waals surface area contributed by atoms with Crippen LogP contribution in [0.5, 0.6) is 0 Å². The largest absolute Gasteiger partial charge is 0.472 e. The van der Waals surface area contributed by atoms with Gasteiger partial charge in [0.15, 0.2) is 0 Å². The summed E-state index contributed by atoms with van der Waals surface area (Å²) in [5, 5.41) is 0. The van der Waals surface area contributed by atoms with Crippen LogP contribution in [0.2, 0.25) is 0 Å². The van der Waals surface area contributed by atoms with Gasteiger partial charge in [-0.15, -0.1) is 0 Å². The fourth-order valence-electron chi connectivity index (χ4n) is 6.71. The number of phosphoric acid groups is 2. The standard InChI is InChI=1S/C44H94N2O8P2/c1-7-45(3,4)39-43-53-55(47,48)51-41-37-35-33-31-29-27-25-23-21-19-17-15-13-11-9-10-12-14-16-18-20-22-24-26-28-30-32-34-36-38-42-52-56(49,50)54-44-40-46(5,6)8-2/h7-44H2,1-6H3/p+2. The van der Waals surface area contributed by atoms with Gasteiger partial charge < -0.3 is 18.8 Å². The van der Waals surface area contributed by atoms with E-state index in [9.17, 15) is 18.9 Å². The van der Waals surface area contributed by atoms with E-state index in [1.54, 1.807) is 0 Å². The topological polar surface area (TPSA) is 112 Å². The van der Waals surface area contributed by atoms with Crippen LogP contribution >= 0.6 is 15.6 Å². The van der Waals surface area contributed by atoms with Crippen molar-refractivity contribution in [2.24, 2.45) is 0 Å². The molecule has 0 saturated heterocycles. The van der Waals surface area contributed by atoms with Gasteiger partial charge in [-0.2, -0.15) is 0 Å². The van der Waals surface area contributed by atoms with E-state index in [4.69, 9.17) is 18.1 Å². The maximum atomic E-state index is 12.0. The first kappa shape index (κ1) is 56.1. The molecule has 0 rings (SSSR count). The van der Waals surface area contributed by atoms with Gasteiger partial charge in [-0.1, -0.05) is 180 Å². The van der Waals surface area contributed by atoms with Gasteiger partial charge >= 0.3 is 15.6 Å². The molecular formula is C44H96N2O8P2+2. The van der Waals surface area contributed by atoms with Crippen molar-refractivity contribution in [1.29, 1.82) is 0 Å². The smallest absolute Gasteiger partial charge is 0.327 e. The van der Waals surface area contributed by atoms with Crippen LogP contribution in [0, 0.1) is 0 Å². The number of quaternary nitrogens is 2. The first-order chi connectivity index (χ1) is 26.7. The lowest BCUT2D eigenvalue weighted by Crippen LogP contribution is -2.41. The van der Waals surface area contributed by atoms with Gasteiger partial charge in [0, 0.05) is 0 Å². The fraction of sp³-hybridized carbons (Fsp3) is 1.00. The molecule has 2 unspecified atom stereocenters. The lowest BCUT2D eigenvalue weighted by molar-refractivity contribution is -0.888. The van der Waals surface area contributed by atoms with Crippen LogP contribution < -0.4 is 0 Å². The minimum atomic E-state index is -3.92. The van der Waals surface area contributed by atoms with Crippen molar-refractivity contribution in [2.75, 3.05) is 80.8 Å². The zero-order valence-corrected chi connectivity index (χ0v) is 39.8. The molecule has 0 aromatic heterocycles. The Bertz CT molecular complexity index is 882. The summed E-state index contributed by atoms with van der Waals surface area (Å²) in [6, 6.07) is 0. The number of unbranched alkanes of at least 4 members (excludes halogenated alkanes) is 29. The highest BCUT2D eigenvalue weighted by atomic mass is 31.2. The first-order valence-electron chi connectivity index (χ1n) is 23.6. The third-order valence-corrected chi connectivity index (χ3v) is 13.7. The molecule has 0 aliphatic carbocycles. The Labute approximate surface area is 348 Å². The molecule has 0 spiro atoms. The molecule has 56 heavy (non-hydrogen) atoms. The number of hydrogen-bond acceptors (Lipinski definition) is 6. The summed E-state index contributed by atoms with van der Waals surface area (Å²) in [7, 11) is 0.464. The Morgan fingerprint density at radius 3 is 0.661 bits per heavy atom. The van der Waals surface area contributed by atoms with Gasteiger partial charge in [-0.25, -0.2) is 9.13 Å². The molecule has 0 amide bonds. The Balaban J connectivity index is 3.26. The molecule has 338 valence electrons. The van der Waals surface area contributed by atoms with Crippen molar-refractivity contribution >= 4 is 15.6 Å². The Kier molecular flexibility index (Phi) is 37.0. The molecule has 10 nitrogen and oxygen atoms in total. The number of hydrogen-bond donors (Lipinski definition) is 2. The van der Waals surface area contributed by atoms with Crippen LogP contribution in [0.15, 0.2) is 0 Å². The molecule has 0 aliphatic rings. The highest BCUT2D eigenvalue weighted by Gasteiger charge is 2.24. The van der Waals surface area contributed by atoms with E-state index in [1.165, 1.54) is 167 Å². The molecule has 12 heteroatoms. The third kappa shape index (κ3) is 40.9. The fourth-order valence-corrected chi connectivity index (χ4v) is 8.20. The van der Waals surface area contributed by atoms with Crippen molar-refractivity contribution in [3.8, 4) is 0 Å². The second-order valence-electron chi connectivity index (χ2n) is 17.8. The summed E-state index contributed by atoms with van der Waals surface area (Å²) in [5.74, 6) is 0. The van der Waals surface area contributed by atoms with Gasteiger partial charge in [-0.05, 0) is 26.7 Å². The van der Waals surface area contributed by atoms with E-state index in [0.29, 0.717) is 26.3 Å². The molecular weight excluding hydrogens is 746 g/mol. The van der Waals surface area contributed by atoms with Gasteiger partial charge in [0.25, 0.3) is 0 Å². The summed E-state index contributed by atoms with van der Waals surface area (Å²) >= 11 is 0. The minimum Gasteiger partial charge on any atom is -0.327 e. The van der Waals surface area contributed by atoms with E-state index in [2.05, 4.69) is 42.0 Å². The lowest BCUT2D eigenvalue weighted by atomic mass is 10.0. The molecule has 0 aromatic carbocycles. The van der Waals surface area contributed by atoms with E-state index < -0.39 is 15.6 Å². The summed E-state index contributed by atoms with van der Waals surface area (Å²) in [4.78, 5) is 19.6. The van der Waals surface area contributed by atoms with Crippen LogP contribution in [-0.2, 0) is 27.2 Å². The molecule has 2 N–H and O–H groups in total. The molecule has 0 fully saturated rings. The highest BCUT2D eigenvalue weighted by molar-refractivity contribution is 7.47. The van der Waals surface area contributed by atoms with Crippen LogP contribution in [0.1, 0.15) is 206 Å². The van der Waals surface area contributed by atoms with Crippen molar-refractivity contribution in [3.05, 3.63) is 0 Å². The first-order valence-corrected chi connectivity index (χ1v) is 26.6. The second-order valence-corrected chi connectivity index (χ2v) is 20.7. The SMILES string of the molecule is CC[N+](C)(C)CCOP(=O)(O)OCCCCCCCCCCCCCCCCCCCCCCCCCCCCCCCCOP(=O)(O)OCC[N+](C)(C)CC. The molecule has 0 aliphatic heterocycles. The normalized spacial score (nSPS) is 14.6. The van der Waals surface area contributed by atoms with Gasteiger partial charge in [0.05, 0.1) is 54.5 Å². The molecule has 0 heterocycles. The Hall–Kier alpha value is 0.140. The van der Waals surface area contributed by atoms with E-state index >= 15 is 0 Å². The molecule has 0 saturated carbocycles. The Morgan fingerprint density at radius 1 is 0.321 bits per heavy atom. The average molecular weight is 843 g/mol. The molecule has 0 bridgehead atoms. The third-order valence-electron chi connectivity index (χ3n) is 11.7. The van der Waals surface area contributed by atoms with E-state index in [-0.39, 0.29) is 13.2 Å².